The van der Waals surface area contributed by atoms with Crippen LogP contribution in [0.1, 0.15) is 60.9 Å². The van der Waals surface area contributed by atoms with Crippen LogP contribution in [0.5, 0.6) is 11.6 Å². The monoisotopic (exact) mass is 458 g/mol. The molecule has 8 nitrogen and oxygen atoms in total. The zero-order valence-corrected chi connectivity index (χ0v) is 19.7. The summed E-state index contributed by atoms with van der Waals surface area (Å²) >= 11 is 0. The number of ether oxygens (including phenoxy) is 3. The third-order valence-electron chi connectivity index (χ3n) is 5.90. The van der Waals surface area contributed by atoms with Gasteiger partial charge in [-0.25, -0.2) is 9.78 Å². The SMILES string of the molecule is CC1=C(C(=O)OCCC#N)C(c2ccc(C#N)c3c2OCC3)c2c(OC(C)C)ncc(C)c2N1. The van der Waals surface area contributed by atoms with Gasteiger partial charge in [0.1, 0.15) is 12.4 Å². The van der Waals surface area contributed by atoms with Crippen molar-refractivity contribution in [1.82, 2.24) is 4.98 Å². The quantitative estimate of drug-likeness (QED) is 0.504. The molecule has 1 atom stereocenters. The van der Waals surface area contributed by atoms with Crippen LogP contribution in [0.25, 0.3) is 0 Å². The predicted molar refractivity (Wildman–Crippen MR) is 124 cm³/mol. The maximum absolute atomic E-state index is 13.3. The summed E-state index contributed by atoms with van der Waals surface area (Å²) in [5, 5.41) is 21.8. The zero-order chi connectivity index (χ0) is 24.4. The van der Waals surface area contributed by atoms with Gasteiger partial charge in [-0.15, -0.1) is 0 Å². The summed E-state index contributed by atoms with van der Waals surface area (Å²) in [6.07, 6.45) is 2.32. The van der Waals surface area contributed by atoms with Gasteiger partial charge in [-0.3, -0.25) is 0 Å². The number of nitrogens with one attached hydrogen (secondary N) is 1. The Labute approximate surface area is 198 Å². The smallest absolute Gasteiger partial charge is 0.336 e. The lowest BCUT2D eigenvalue weighted by Gasteiger charge is -2.33. The molecule has 2 aromatic rings. The van der Waals surface area contributed by atoms with Gasteiger partial charge in [-0.1, -0.05) is 6.07 Å². The number of fused-ring (bicyclic) bond motifs is 2. The van der Waals surface area contributed by atoms with Crippen LogP contribution >= 0.6 is 0 Å². The second kappa shape index (κ2) is 9.44. The van der Waals surface area contributed by atoms with Crippen molar-refractivity contribution < 1.29 is 19.0 Å². The predicted octanol–water partition coefficient (Wildman–Crippen LogP) is 4.27. The second-order valence-electron chi connectivity index (χ2n) is 8.56. The lowest BCUT2D eigenvalue weighted by Crippen LogP contribution is -2.27. The van der Waals surface area contributed by atoms with Gasteiger partial charge in [-0.2, -0.15) is 10.5 Å². The molecule has 0 saturated carbocycles. The molecule has 1 aromatic carbocycles. The van der Waals surface area contributed by atoms with E-state index in [1.807, 2.05) is 39.8 Å². The zero-order valence-electron chi connectivity index (χ0n) is 19.7. The molecule has 0 aliphatic carbocycles. The van der Waals surface area contributed by atoms with Crippen molar-refractivity contribution in [2.24, 2.45) is 0 Å². The molecule has 0 bridgehead atoms. The van der Waals surface area contributed by atoms with E-state index in [1.54, 1.807) is 12.3 Å². The Hall–Kier alpha value is -4.04. The van der Waals surface area contributed by atoms with E-state index in [0.29, 0.717) is 47.1 Å². The van der Waals surface area contributed by atoms with Gasteiger partial charge in [-0.05, 0) is 39.3 Å². The minimum Gasteiger partial charge on any atom is -0.493 e. The third kappa shape index (κ3) is 4.04. The highest BCUT2D eigenvalue weighted by atomic mass is 16.5. The van der Waals surface area contributed by atoms with Crippen molar-refractivity contribution >= 4 is 11.7 Å². The highest BCUT2D eigenvalue weighted by Crippen LogP contribution is 2.51. The number of aryl methyl sites for hydroxylation is 1. The number of carbonyl (C=O) groups excluding carboxylic acids is 1. The van der Waals surface area contributed by atoms with Crippen molar-refractivity contribution in [2.75, 3.05) is 18.5 Å². The molecule has 0 fully saturated rings. The van der Waals surface area contributed by atoms with E-state index in [4.69, 9.17) is 19.5 Å². The van der Waals surface area contributed by atoms with Crippen LogP contribution in [0.3, 0.4) is 0 Å². The molecule has 0 radical (unpaired) electrons. The highest BCUT2D eigenvalue weighted by Gasteiger charge is 2.40. The van der Waals surface area contributed by atoms with Gasteiger partial charge < -0.3 is 19.5 Å². The molecule has 8 heteroatoms. The molecular formula is C26H26N4O4. The van der Waals surface area contributed by atoms with E-state index in [2.05, 4.69) is 16.4 Å². The Kier molecular flexibility index (Phi) is 6.43. The van der Waals surface area contributed by atoms with Crippen LogP contribution in [0.2, 0.25) is 0 Å². The van der Waals surface area contributed by atoms with E-state index in [0.717, 1.165) is 22.4 Å². The maximum atomic E-state index is 13.3. The van der Waals surface area contributed by atoms with Gasteiger partial charge in [0.15, 0.2) is 0 Å². The Bertz CT molecular complexity index is 1270. The topological polar surface area (TPSA) is 117 Å². The van der Waals surface area contributed by atoms with E-state index < -0.39 is 11.9 Å². The molecule has 2 aliphatic heterocycles. The molecule has 3 heterocycles. The summed E-state index contributed by atoms with van der Waals surface area (Å²) in [7, 11) is 0. The number of esters is 1. The lowest BCUT2D eigenvalue weighted by atomic mass is 9.79. The molecule has 4 rings (SSSR count). The fourth-order valence-corrected chi connectivity index (χ4v) is 4.48. The van der Waals surface area contributed by atoms with E-state index in [1.165, 1.54) is 0 Å². The number of pyridine rings is 1. The molecule has 2 aliphatic rings. The minimum absolute atomic E-state index is 0.00487. The van der Waals surface area contributed by atoms with Crippen LogP contribution in [-0.2, 0) is 16.0 Å². The number of rotatable bonds is 6. The number of anilines is 1. The van der Waals surface area contributed by atoms with Gasteiger partial charge >= 0.3 is 5.97 Å². The highest BCUT2D eigenvalue weighted by molar-refractivity contribution is 5.95. The first kappa shape index (κ1) is 23.1. The molecule has 34 heavy (non-hydrogen) atoms. The minimum atomic E-state index is -0.591. The molecule has 1 aromatic heterocycles. The normalized spacial score (nSPS) is 16.0. The molecule has 0 amide bonds. The Morgan fingerprint density at radius 3 is 2.82 bits per heavy atom. The number of allylic oxidation sites excluding steroid dienone is 1. The molecular weight excluding hydrogens is 432 g/mol. The second-order valence-corrected chi connectivity index (χ2v) is 8.56. The summed E-state index contributed by atoms with van der Waals surface area (Å²) < 4.78 is 17.5. The van der Waals surface area contributed by atoms with Crippen LogP contribution in [0.4, 0.5) is 5.69 Å². The number of nitriles is 2. The Morgan fingerprint density at radius 2 is 2.12 bits per heavy atom. The fraction of sp³-hybridized carbons (Fsp3) is 0.385. The van der Waals surface area contributed by atoms with Crippen LogP contribution in [0, 0.1) is 29.6 Å². The molecule has 0 spiro atoms. The number of nitrogens with zero attached hydrogens (tertiary/aromatic N) is 3. The van der Waals surface area contributed by atoms with Crippen LogP contribution in [0.15, 0.2) is 29.6 Å². The van der Waals surface area contributed by atoms with E-state index in [9.17, 15) is 10.1 Å². The fourth-order valence-electron chi connectivity index (χ4n) is 4.48. The summed E-state index contributed by atoms with van der Waals surface area (Å²) in [4.78, 5) is 17.9. The standard InChI is InChI=1S/C26H26N4O4/c1-14(2)34-25-22-21(19-7-6-17(12-28)18-8-11-32-24(18)19)20(26(31)33-10-5-9-27)16(4)30-23(22)15(3)13-29-25/h6-7,13-14,21,30H,5,8,10-11H2,1-4H3. The Balaban J connectivity index is 1.97. The number of aromatic nitrogens is 1. The van der Waals surface area contributed by atoms with Crippen molar-refractivity contribution in [1.29, 1.82) is 10.5 Å². The van der Waals surface area contributed by atoms with Gasteiger partial charge in [0.25, 0.3) is 0 Å². The first-order chi connectivity index (χ1) is 16.4. The molecule has 1 unspecified atom stereocenters. The molecule has 174 valence electrons. The van der Waals surface area contributed by atoms with Crippen LogP contribution < -0.4 is 14.8 Å². The summed E-state index contributed by atoms with van der Waals surface area (Å²) in [5.41, 5.74) is 5.62. The number of carbonyl (C=O) groups is 1. The first-order valence-corrected chi connectivity index (χ1v) is 11.2. The number of hydrogen-bond acceptors (Lipinski definition) is 8. The van der Waals surface area contributed by atoms with Gasteiger partial charge in [0, 0.05) is 29.4 Å². The first-order valence-electron chi connectivity index (χ1n) is 11.2. The van der Waals surface area contributed by atoms with Gasteiger partial charge in [0.05, 0.1) is 59.6 Å². The summed E-state index contributed by atoms with van der Waals surface area (Å²) in [6.45, 7) is 8.06. The average molecular weight is 459 g/mol. The maximum Gasteiger partial charge on any atom is 0.336 e. The van der Waals surface area contributed by atoms with Crippen molar-refractivity contribution in [3.8, 4) is 23.8 Å². The largest absolute Gasteiger partial charge is 0.493 e. The van der Waals surface area contributed by atoms with Gasteiger partial charge in [0.2, 0.25) is 5.88 Å². The van der Waals surface area contributed by atoms with Crippen molar-refractivity contribution in [3.05, 3.63) is 57.4 Å². The Morgan fingerprint density at radius 1 is 1.32 bits per heavy atom. The van der Waals surface area contributed by atoms with E-state index in [-0.39, 0.29) is 19.1 Å². The summed E-state index contributed by atoms with van der Waals surface area (Å²) in [5.74, 6) is -0.0846. The van der Waals surface area contributed by atoms with Crippen LogP contribution in [-0.4, -0.2) is 30.3 Å². The third-order valence-corrected chi connectivity index (χ3v) is 5.90. The average Bonchev–Trinajstić information content (AvgIpc) is 3.30. The molecule has 0 saturated heterocycles. The van der Waals surface area contributed by atoms with E-state index >= 15 is 0 Å². The van der Waals surface area contributed by atoms with Crippen molar-refractivity contribution in [3.63, 3.8) is 0 Å². The van der Waals surface area contributed by atoms with Crippen molar-refractivity contribution in [2.45, 2.75) is 52.6 Å². The number of hydrogen-bond donors (Lipinski definition) is 1. The lowest BCUT2D eigenvalue weighted by molar-refractivity contribution is -0.139. The molecule has 1 N–H and O–H groups in total. The number of benzene rings is 1. The summed E-state index contributed by atoms with van der Waals surface area (Å²) in [6, 6.07) is 7.83.